The highest BCUT2D eigenvalue weighted by atomic mass is 19.4. The van der Waals surface area contributed by atoms with Gasteiger partial charge in [0.05, 0.1) is 5.54 Å². The van der Waals surface area contributed by atoms with Crippen molar-refractivity contribution in [3.63, 3.8) is 0 Å². The first kappa shape index (κ1) is 12.3. The maximum Gasteiger partial charge on any atom is 0.455 e. The highest BCUT2D eigenvalue weighted by molar-refractivity contribution is 5.07. The van der Waals surface area contributed by atoms with Gasteiger partial charge in [-0.15, -0.1) is 0 Å². The Balaban J connectivity index is 2.28. The summed E-state index contributed by atoms with van der Waals surface area (Å²) in [5.74, 6) is -1.14. The Hall–Kier alpha value is -1.11. The van der Waals surface area contributed by atoms with Gasteiger partial charge in [0.2, 0.25) is 5.89 Å². The third-order valence-electron chi connectivity index (χ3n) is 3.01. The molecular formula is C10H14F3N3O. The van der Waals surface area contributed by atoms with Crippen molar-refractivity contribution < 1.29 is 17.7 Å². The van der Waals surface area contributed by atoms with E-state index >= 15 is 0 Å². The molecule has 1 unspecified atom stereocenters. The van der Waals surface area contributed by atoms with E-state index in [0.717, 1.165) is 25.8 Å². The Morgan fingerprint density at radius 1 is 1.47 bits per heavy atom. The molecule has 1 aromatic rings. The van der Waals surface area contributed by atoms with Gasteiger partial charge in [-0.25, -0.2) is 0 Å². The zero-order chi connectivity index (χ0) is 12.5. The molecule has 17 heavy (non-hydrogen) atoms. The molecular weight excluding hydrogens is 235 g/mol. The van der Waals surface area contributed by atoms with Gasteiger partial charge in [-0.1, -0.05) is 18.5 Å². The predicted octanol–water partition coefficient (Wildman–Crippen LogP) is 2.47. The molecule has 1 saturated heterocycles. The Morgan fingerprint density at radius 2 is 2.24 bits per heavy atom. The number of aromatic nitrogens is 2. The molecule has 0 amide bonds. The van der Waals surface area contributed by atoms with E-state index in [1.807, 2.05) is 6.92 Å². The van der Waals surface area contributed by atoms with Crippen molar-refractivity contribution in [2.24, 2.45) is 0 Å². The average molecular weight is 249 g/mol. The predicted molar refractivity (Wildman–Crippen MR) is 53.1 cm³/mol. The van der Waals surface area contributed by atoms with Crippen LogP contribution in [0.15, 0.2) is 4.52 Å². The van der Waals surface area contributed by atoms with Gasteiger partial charge in [-0.3, -0.25) is 0 Å². The summed E-state index contributed by atoms with van der Waals surface area (Å²) in [4.78, 5) is 3.49. The van der Waals surface area contributed by atoms with E-state index in [9.17, 15) is 13.2 Å². The van der Waals surface area contributed by atoms with Crippen LogP contribution in [-0.4, -0.2) is 16.7 Å². The molecule has 0 bridgehead atoms. The molecule has 0 aliphatic carbocycles. The first-order valence-corrected chi connectivity index (χ1v) is 5.64. The number of halogens is 3. The third kappa shape index (κ3) is 2.29. The fraction of sp³-hybridized carbons (Fsp3) is 0.800. The van der Waals surface area contributed by atoms with Crippen molar-refractivity contribution in [1.82, 2.24) is 15.5 Å². The number of rotatable bonds is 3. The summed E-state index contributed by atoms with van der Waals surface area (Å²) in [5.41, 5.74) is -0.564. The lowest BCUT2D eigenvalue weighted by atomic mass is 9.92. The Labute approximate surface area is 96.6 Å². The SMILES string of the molecule is CCCC1(c2nc(C(F)(F)F)no2)CCCN1. The van der Waals surface area contributed by atoms with Crippen LogP contribution in [0.3, 0.4) is 0 Å². The van der Waals surface area contributed by atoms with Crippen LogP contribution in [0.2, 0.25) is 0 Å². The van der Waals surface area contributed by atoms with Crippen molar-refractivity contribution >= 4 is 0 Å². The van der Waals surface area contributed by atoms with Crippen LogP contribution >= 0.6 is 0 Å². The largest absolute Gasteiger partial charge is 0.455 e. The minimum absolute atomic E-state index is 0.0594. The quantitative estimate of drug-likeness (QED) is 0.894. The summed E-state index contributed by atoms with van der Waals surface area (Å²) in [6, 6.07) is 0. The highest BCUT2D eigenvalue weighted by Crippen LogP contribution is 2.36. The van der Waals surface area contributed by atoms with Crippen LogP contribution in [0.1, 0.15) is 44.3 Å². The second kappa shape index (κ2) is 4.29. The van der Waals surface area contributed by atoms with Crippen LogP contribution in [-0.2, 0) is 11.7 Å². The molecule has 1 aromatic heterocycles. The van der Waals surface area contributed by atoms with Crippen molar-refractivity contribution in [2.45, 2.75) is 44.3 Å². The summed E-state index contributed by atoms with van der Waals surface area (Å²) in [6.07, 6.45) is -1.36. The molecule has 1 atom stereocenters. The molecule has 2 heterocycles. The summed E-state index contributed by atoms with van der Waals surface area (Å²) in [7, 11) is 0. The molecule has 0 spiro atoms. The number of alkyl halides is 3. The molecule has 1 aliphatic heterocycles. The standard InChI is InChI=1S/C10H14F3N3O/c1-2-4-9(5-3-6-14-9)8-15-7(16-17-8)10(11,12)13/h14H,2-6H2,1H3. The van der Waals surface area contributed by atoms with Crippen LogP contribution in [0.25, 0.3) is 0 Å². The van der Waals surface area contributed by atoms with Gasteiger partial charge in [-0.2, -0.15) is 18.2 Å². The summed E-state index contributed by atoms with van der Waals surface area (Å²) in [5, 5.41) is 6.20. The smallest absolute Gasteiger partial charge is 0.337 e. The third-order valence-corrected chi connectivity index (χ3v) is 3.01. The minimum atomic E-state index is -4.55. The van der Waals surface area contributed by atoms with Gasteiger partial charge in [0.15, 0.2) is 0 Å². The van der Waals surface area contributed by atoms with Crippen molar-refractivity contribution in [1.29, 1.82) is 0 Å². The second-order valence-corrected chi connectivity index (χ2v) is 4.28. The molecule has 96 valence electrons. The van der Waals surface area contributed by atoms with E-state index in [1.165, 1.54) is 0 Å². The zero-order valence-corrected chi connectivity index (χ0v) is 9.47. The lowest BCUT2D eigenvalue weighted by Crippen LogP contribution is -2.37. The molecule has 1 aliphatic rings. The fourth-order valence-corrected chi connectivity index (χ4v) is 2.27. The van der Waals surface area contributed by atoms with Gasteiger partial charge in [0.1, 0.15) is 0 Å². The van der Waals surface area contributed by atoms with E-state index in [4.69, 9.17) is 4.52 Å². The van der Waals surface area contributed by atoms with E-state index < -0.39 is 17.5 Å². The number of nitrogens with zero attached hydrogens (tertiary/aromatic N) is 2. The minimum Gasteiger partial charge on any atom is -0.337 e. The molecule has 0 aromatic carbocycles. The van der Waals surface area contributed by atoms with Gasteiger partial charge >= 0.3 is 6.18 Å². The maximum atomic E-state index is 12.4. The van der Waals surface area contributed by atoms with Crippen LogP contribution in [0.5, 0.6) is 0 Å². The fourth-order valence-electron chi connectivity index (χ4n) is 2.27. The van der Waals surface area contributed by atoms with Crippen molar-refractivity contribution in [3.05, 3.63) is 11.7 Å². The molecule has 7 heteroatoms. The Bertz CT molecular complexity index is 382. The van der Waals surface area contributed by atoms with Gasteiger partial charge in [-0.05, 0) is 25.8 Å². The normalized spacial score (nSPS) is 25.4. The van der Waals surface area contributed by atoms with Crippen LogP contribution in [0.4, 0.5) is 13.2 Å². The van der Waals surface area contributed by atoms with Crippen molar-refractivity contribution in [3.8, 4) is 0 Å². The zero-order valence-electron chi connectivity index (χ0n) is 9.47. The van der Waals surface area contributed by atoms with E-state index in [-0.39, 0.29) is 5.89 Å². The average Bonchev–Trinajstić information content (AvgIpc) is 2.84. The number of hydrogen-bond donors (Lipinski definition) is 1. The van der Waals surface area contributed by atoms with Crippen LogP contribution in [0, 0.1) is 0 Å². The highest BCUT2D eigenvalue weighted by Gasteiger charge is 2.43. The molecule has 2 rings (SSSR count). The van der Waals surface area contributed by atoms with E-state index in [2.05, 4.69) is 15.5 Å². The first-order valence-electron chi connectivity index (χ1n) is 5.64. The van der Waals surface area contributed by atoms with Gasteiger partial charge in [0, 0.05) is 0 Å². The summed E-state index contributed by atoms with van der Waals surface area (Å²) < 4.78 is 42.0. The van der Waals surface area contributed by atoms with Crippen molar-refractivity contribution in [2.75, 3.05) is 6.54 Å². The molecule has 1 fully saturated rings. The van der Waals surface area contributed by atoms with E-state index in [1.54, 1.807) is 0 Å². The van der Waals surface area contributed by atoms with Gasteiger partial charge < -0.3 is 9.84 Å². The summed E-state index contributed by atoms with van der Waals surface area (Å²) >= 11 is 0. The first-order chi connectivity index (χ1) is 7.98. The molecule has 0 radical (unpaired) electrons. The van der Waals surface area contributed by atoms with Gasteiger partial charge in [0.25, 0.3) is 5.82 Å². The maximum absolute atomic E-state index is 12.4. The van der Waals surface area contributed by atoms with Crippen LogP contribution < -0.4 is 5.32 Å². The Morgan fingerprint density at radius 3 is 2.71 bits per heavy atom. The van der Waals surface area contributed by atoms with E-state index in [0.29, 0.717) is 6.42 Å². The number of hydrogen-bond acceptors (Lipinski definition) is 4. The molecule has 0 saturated carbocycles. The molecule has 4 nitrogen and oxygen atoms in total. The topological polar surface area (TPSA) is 51.0 Å². The Kier molecular flexibility index (Phi) is 3.11. The lowest BCUT2D eigenvalue weighted by molar-refractivity contribution is -0.146. The number of nitrogens with one attached hydrogen (secondary N) is 1. The molecule has 1 N–H and O–H groups in total. The lowest BCUT2D eigenvalue weighted by Gasteiger charge is -2.24. The summed E-state index contributed by atoms with van der Waals surface area (Å²) in [6.45, 7) is 2.74. The monoisotopic (exact) mass is 249 g/mol. The second-order valence-electron chi connectivity index (χ2n) is 4.28.